The fraction of sp³-hybridized carbons (Fsp3) is 0.200. The Morgan fingerprint density at radius 1 is 0.914 bits per heavy atom. The van der Waals surface area contributed by atoms with Crippen LogP contribution in [0.25, 0.3) is 33.5 Å². The van der Waals surface area contributed by atoms with Crippen LogP contribution < -0.4 is 20.7 Å². The Morgan fingerprint density at radius 3 is 2.40 bits per heavy atom. The van der Waals surface area contributed by atoms with Crippen LogP contribution in [0.1, 0.15) is 5.89 Å². The largest absolute Gasteiger partial charge is 0.493 e. The Kier molecular flexibility index (Phi) is 5.48. The SMILES string of the molecule is COc1cccc(-c2noc(Cn3c(=O)n(C)c(=O)c4c3c(-c3ccccc3)cn4C)n2)c1OC. The summed E-state index contributed by atoms with van der Waals surface area (Å²) in [5, 5.41) is 4.09. The summed E-state index contributed by atoms with van der Waals surface area (Å²) in [6.07, 6.45) is 1.84. The van der Waals surface area contributed by atoms with Gasteiger partial charge in [-0.15, -0.1) is 0 Å². The molecule has 0 radical (unpaired) electrons. The highest BCUT2D eigenvalue weighted by molar-refractivity contribution is 5.93. The van der Waals surface area contributed by atoms with E-state index < -0.39 is 5.69 Å². The maximum atomic E-state index is 13.3. The normalized spacial score (nSPS) is 11.2. The van der Waals surface area contributed by atoms with Crippen LogP contribution in [-0.2, 0) is 20.6 Å². The summed E-state index contributed by atoms with van der Waals surface area (Å²) in [5.41, 5.74) is 2.27. The zero-order valence-electron chi connectivity index (χ0n) is 19.7. The lowest BCUT2D eigenvalue weighted by molar-refractivity contribution is 0.354. The molecule has 0 saturated carbocycles. The van der Waals surface area contributed by atoms with Crippen molar-refractivity contribution < 1.29 is 14.0 Å². The minimum Gasteiger partial charge on any atom is -0.493 e. The minimum atomic E-state index is -0.482. The Hall–Kier alpha value is -4.60. The molecule has 35 heavy (non-hydrogen) atoms. The molecule has 3 heterocycles. The molecule has 5 rings (SSSR count). The Labute approximate surface area is 199 Å². The topological polar surface area (TPSA) is 106 Å². The Bertz CT molecular complexity index is 1660. The molecule has 10 heteroatoms. The monoisotopic (exact) mass is 473 g/mol. The first kappa shape index (κ1) is 22.2. The number of ether oxygens (including phenoxy) is 2. The van der Waals surface area contributed by atoms with Gasteiger partial charge in [0, 0.05) is 25.9 Å². The summed E-state index contributed by atoms with van der Waals surface area (Å²) < 4.78 is 20.6. The van der Waals surface area contributed by atoms with Crippen molar-refractivity contribution in [3.8, 4) is 34.0 Å². The lowest BCUT2D eigenvalue weighted by Crippen LogP contribution is -2.38. The van der Waals surface area contributed by atoms with E-state index in [-0.39, 0.29) is 18.0 Å². The van der Waals surface area contributed by atoms with Crippen molar-refractivity contribution >= 4 is 11.0 Å². The molecule has 0 amide bonds. The molecule has 3 aromatic heterocycles. The molecule has 10 nitrogen and oxygen atoms in total. The van der Waals surface area contributed by atoms with Gasteiger partial charge in [0.15, 0.2) is 11.5 Å². The van der Waals surface area contributed by atoms with E-state index in [1.807, 2.05) is 36.5 Å². The molecule has 178 valence electrons. The van der Waals surface area contributed by atoms with Crippen molar-refractivity contribution in [1.82, 2.24) is 23.8 Å². The number of aromatic nitrogens is 5. The molecule has 0 spiro atoms. The first-order valence-corrected chi connectivity index (χ1v) is 10.8. The standard InChI is InChI=1S/C25H23N5O5/c1-28-13-17(15-9-6-5-7-10-15)20-21(28)24(31)29(2)25(32)30(20)14-19-26-23(27-35-19)16-11-8-12-18(33-3)22(16)34-4/h5-13H,14H2,1-4H3. The summed E-state index contributed by atoms with van der Waals surface area (Å²) >= 11 is 0. The van der Waals surface area contributed by atoms with Crippen LogP contribution in [0.2, 0.25) is 0 Å². The molecular weight excluding hydrogens is 450 g/mol. The van der Waals surface area contributed by atoms with Crippen molar-refractivity contribution in [2.75, 3.05) is 14.2 Å². The second-order valence-electron chi connectivity index (χ2n) is 8.00. The van der Waals surface area contributed by atoms with Crippen LogP contribution in [0.4, 0.5) is 0 Å². The molecular formula is C25H23N5O5. The zero-order valence-corrected chi connectivity index (χ0v) is 19.7. The highest BCUT2D eigenvalue weighted by Gasteiger charge is 2.22. The number of aryl methyl sites for hydroxylation is 1. The Balaban J connectivity index is 1.67. The molecule has 0 aliphatic rings. The van der Waals surface area contributed by atoms with E-state index in [1.165, 1.54) is 18.7 Å². The van der Waals surface area contributed by atoms with Gasteiger partial charge in [-0.25, -0.2) is 4.79 Å². The first-order valence-electron chi connectivity index (χ1n) is 10.8. The third-order valence-electron chi connectivity index (χ3n) is 5.94. The van der Waals surface area contributed by atoms with Gasteiger partial charge in [-0.2, -0.15) is 4.98 Å². The van der Waals surface area contributed by atoms with Gasteiger partial charge < -0.3 is 18.6 Å². The van der Waals surface area contributed by atoms with Gasteiger partial charge in [-0.05, 0) is 17.7 Å². The number of nitrogens with zero attached hydrogens (tertiary/aromatic N) is 5. The molecule has 5 aromatic rings. The summed E-state index contributed by atoms with van der Waals surface area (Å²) in [6.45, 7) is -0.0212. The Morgan fingerprint density at radius 2 is 1.69 bits per heavy atom. The van der Waals surface area contributed by atoms with Gasteiger partial charge in [-0.3, -0.25) is 13.9 Å². The molecule has 0 fully saturated rings. The highest BCUT2D eigenvalue weighted by atomic mass is 16.5. The molecule has 0 aliphatic carbocycles. The van der Waals surface area contributed by atoms with Gasteiger partial charge in [-0.1, -0.05) is 41.6 Å². The number of hydrogen-bond donors (Lipinski definition) is 0. The van der Waals surface area contributed by atoms with E-state index in [0.29, 0.717) is 33.9 Å². The number of methoxy groups -OCH3 is 2. The quantitative estimate of drug-likeness (QED) is 0.373. The minimum absolute atomic E-state index is 0.0212. The average molecular weight is 473 g/mol. The summed E-state index contributed by atoms with van der Waals surface area (Å²) in [5.74, 6) is 1.50. The van der Waals surface area contributed by atoms with Crippen molar-refractivity contribution in [2.24, 2.45) is 14.1 Å². The van der Waals surface area contributed by atoms with Gasteiger partial charge in [0.25, 0.3) is 5.56 Å². The van der Waals surface area contributed by atoms with Gasteiger partial charge in [0.1, 0.15) is 12.1 Å². The van der Waals surface area contributed by atoms with Crippen molar-refractivity contribution in [3.05, 3.63) is 81.5 Å². The number of hydrogen-bond acceptors (Lipinski definition) is 7. The predicted octanol–water partition coefficient (Wildman–Crippen LogP) is 2.82. The third kappa shape index (κ3) is 3.59. The van der Waals surface area contributed by atoms with Crippen molar-refractivity contribution in [3.63, 3.8) is 0 Å². The lowest BCUT2D eigenvalue weighted by Gasteiger charge is -2.10. The number of benzene rings is 2. The third-order valence-corrected chi connectivity index (χ3v) is 5.94. The van der Waals surface area contributed by atoms with Gasteiger partial charge >= 0.3 is 5.69 Å². The van der Waals surface area contributed by atoms with Crippen LogP contribution in [0.3, 0.4) is 0 Å². The van der Waals surface area contributed by atoms with Crippen LogP contribution in [0, 0.1) is 0 Å². The van der Waals surface area contributed by atoms with Crippen LogP contribution in [0.15, 0.2) is 68.8 Å². The molecule has 0 saturated heterocycles. The average Bonchev–Trinajstić information content (AvgIpc) is 3.49. The summed E-state index contributed by atoms with van der Waals surface area (Å²) in [7, 11) is 6.31. The number of fused-ring (bicyclic) bond motifs is 1. The van der Waals surface area contributed by atoms with Gasteiger partial charge in [0.2, 0.25) is 11.7 Å². The molecule has 0 N–H and O–H groups in total. The maximum Gasteiger partial charge on any atom is 0.331 e. The molecule has 0 atom stereocenters. The van der Waals surface area contributed by atoms with E-state index in [1.54, 1.807) is 36.9 Å². The molecule has 0 unspecified atom stereocenters. The maximum absolute atomic E-state index is 13.3. The second kappa shape index (κ2) is 8.64. The van der Waals surface area contributed by atoms with Crippen molar-refractivity contribution in [2.45, 2.75) is 6.54 Å². The van der Waals surface area contributed by atoms with Crippen molar-refractivity contribution in [1.29, 1.82) is 0 Å². The van der Waals surface area contributed by atoms with E-state index in [4.69, 9.17) is 14.0 Å². The fourth-order valence-corrected chi connectivity index (χ4v) is 4.26. The number of rotatable bonds is 6. The molecule has 2 aromatic carbocycles. The lowest BCUT2D eigenvalue weighted by atomic mass is 10.1. The van der Waals surface area contributed by atoms with E-state index in [0.717, 1.165) is 15.7 Å². The second-order valence-corrected chi connectivity index (χ2v) is 8.00. The van der Waals surface area contributed by atoms with Crippen LogP contribution in [0.5, 0.6) is 11.5 Å². The smallest absolute Gasteiger partial charge is 0.331 e. The van der Waals surface area contributed by atoms with Crippen LogP contribution >= 0.6 is 0 Å². The summed E-state index contributed by atoms with van der Waals surface area (Å²) in [6, 6.07) is 14.9. The first-order chi connectivity index (χ1) is 16.9. The van der Waals surface area contributed by atoms with E-state index in [9.17, 15) is 9.59 Å². The van der Waals surface area contributed by atoms with Gasteiger partial charge in [0.05, 0.1) is 25.3 Å². The zero-order chi connectivity index (χ0) is 24.7. The fourth-order valence-electron chi connectivity index (χ4n) is 4.26. The highest BCUT2D eigenvalue weighted by Crippen LogP contribution is 2.36. The molecule has 0 bridgehead atoms. The van der Waals surface area contributed by atoms with Crippen LogP contribution in [-0.4, -0.2) is 38.1 Å². The summed E-state index contributed by atoms with van der Waals surface area (Å²) in [4.78, 5) is 30.7. The molecule has 0 aliphatic heterocycles. The predicted molar refractivity (Wildman–Crippen MR) is 130 cm³/mol. The van der Waals surface area contributed by atoms with E-state index in [2.05, 4.69) is 10.1 Å². The van der Waals surface area contributed by atoms with E-state index >= 15 is 0 Å². The number of para-hydroxylation sites is 1.